The zero-order chi connectivity index (χ0) is 20.3. The lowest BCUT2D eigenvalue weighted by Crippen LogP contribution is -2.16. The minimum absolute atomic E-state index is 0.0135. The summed E-state index contributed by atoms with van der Waals surface area (Å²) in [5, 5.41) is 0. The van der Waals surface area contributed by atoms with E-state index in [4.69, 9.17) is 13.6 Å². The molecule has 7 nitrogen and oxygen atoms in total. The molecule has 0 fully saturated rings. The van der Waals surface area contributed by atoms with E-state index in [2.05, 4.69) is 19.7 Å². The Morgan fingerprint density at radius 1 is 0.654 bits per heavy atom. The molecule has 0 rings (SSSR count). The second-order valence-corrected chi connectivity index (χ2v) is 7.09. The van der Waals surface area contributed by atoms with Gasteiger partial charge < -0.3 is 13.6 Å². The van der Waals surface area contributed by atoms with Gasteiger partial charge in [0.05, 0.1) is 0 Å². The standard InChI is InChI=1S/C18H27O7P/c1-7-10-13(4)16(19)23-26(22,24-17(20)14(5)11-8-2)25-18(21)15(6)12-9-3/h4-12H2,1-3H3. The van der Waals surface area contributed by atoms with Crippen molar-refractivity contribution < 1.29 is 32.5 Å². The maximum absolute atomic E-state index is 12.7. The van der Waals surface area contributed by atoms with Crippen LogP contribution in [0.5, 0.6) is 0 Å². The first-order chi connectivity index (χ1) is 12.1. The molecule has 0 unspecified atom stereocenters. The maximum atomic E-state index is 12.7. The van der Waals surface area contributed by atoms with Crippen LogP contribution in [-0.4, -0.2) is 17.9 Å². The molecular weight excluding hydrogens is 359 g/mol. The second kappa shape index (κ2) is 11.5. The van der Waals surface area contributed by atoms with Crippen LogP contribution in [0.3, 0.4) is 0 Å². The Kier molecular flexibility index (Phi) is 10.5. The van der Waals surface area contributed by atoms with Crippen LogP contribution in [0, 0.1) is 0 Å². The van der Waals surface area contributed by atoms with Crippen LogP contribution in [0.1, 0.15) is 59.3 Å². The topological polar surface area (TPSA) is 96.0 Å². The van der Waals surface area contributed by atoms with Gasteiger partial charge in [0.15, 0.2) is 0 Å². The molecule has 0 aliphatic rings. The number of carbonyl (C=O) groups is 3. The third kappa shape index (κ3) is 8.30. The van der Waals surface area contributed by atoms with Gasteiger partial charge in [0.2, 0.25) is 0 Å². The largest absolute Gasteiger partial charge is 0.654 e. The van der Waals surface area contributed by atoms with Gasteiger partial charge in [-0.3, -0.25) is 0 Å². The SMILES string of the molecule is C=C(CCC)C(=O)OP(=O)(OC(=O)C(=C)CCC)OC(=O)C(=C)CCC. The molecule has 26 heavy (non-hydrogen) atoms. The predicted octanol–water partition coefficient (Wildman–Crippen LogP) is 4.79. The molecule has 0 atom stereocenters. The Balaban J connectivity index is 5.40. The van der Waals surface area contributed by atoms with Crippen LogP contribution in [0.2, 0.25) is 0 Å². The molecule has 146 valence electrons. The smallest absolute Gasteiger partial charge is 0.348 e. The molecule has 8 heteroatoms. The molecule has 0 radical (unpaired) electrons. The van der Waals surface area contributed by atoms with Gasteiger partial charge in [0.25, 0.3) is 0 Å². The molecule has 0 spiro atoms. The molecule has 0 aliphatic heterocycles. The summed E-state index contributed by atoms with van der Waals surface area (Å²) in [5.41, 5.74) is 0.0405. The van der Waals surface area contributed by atoms with Crippen LogP contribution in [0.15, 0.2) is 36.5 Å². The first kappa shape index (κ1) is 23.9. The van der Waals surface area contributed by atoms with Crippen molar-refractivity contribution in [2.24, 2.45) is 0 Å². The second-order valence-electron chi connectivity index (χ2n) is 5.64. The molecule has 0 saturated heterocycles. The average Bonchev–Trinajstić information content (AvgIpc) is 2.54. The highest BCUT2D eigenvalue weighted by atomic mass is 31.2. The lowest BCUT2D eigenvalue weighted by molar-refractivity contribution is -0.140. The van der Waals surface area contributed by atoms with Gasteiger partial charge >= 0.3 is 25.7 Å². The number of hydrogen-bond donors (Lipinski definition) is 0. The van der Waals surface area contributed by atoms with Crippen LogP contribution in [-0.2, 0) is 32.5 Å². The lowest BCUT2D eigenvalue weighted by atomic mass is 10.2. The van der Waals surface area contributed by atoms with Gasteiger partial charge in [-0.05, 0) is 19.3 Å². The van der Waals surface area contributed by atoms with Crippen molar-refractivity contribution in [3.8, 4) is 0 Å². The first-order valence-electron chi connectivity index (χ1n) is 8.45. The number of hydrogen-bond acceptors (Lipinski definition) is 7. The van der Waals surface area contributed by atoms with E-state index >= 15 is 0 Å². The quantitative estimate of drug-likeness (QED) is 0.351. The van der Waals surface area contributed by atoms with Gasteiger partial charge in [0, 0.05) is 16.7 Å². The van der Waals surface area contributed by atoms with Crippen molar-refractivity contribution in [1.82, 2.24) is 0 Å². The Labute approximate surface area is 154 Å². The zero-order valence-electron chi connectivity index (χ0n) is 15.7. The van der Waals surface area contributed by atoms with E-state index in [-0.39, 0.29) is 36.0 Å². The summed E-state index contributed by atoms with van der Waals surface area (Å²) in [5.74, 6) is -3.21. The molecule has 0 N–H and O–H groups in total. The van der Waals surface area contributed by atoms with Crippen LogP contribution < -0.4 is 0 Å². The van der Waals surface area contributed by atoms with E-state index < -0.39 is 25.7 Å². The van der Waals surface area contributed by atoms with Crippen molar-refractivity contribution in [2.45, 2.75) is 59.3 Å². The molecule has 0 saturated carbocycles. The summed E-state index contributed by atoms with van der Waals surface area (Å²) in [6.45, 7) is 15.9. The van der Waals surface area contributed by atoms with Crippen molar-refractivity contribution in [3.63, 3.8) is 0 Å². The number of phosphoric acid groups is 1. The summed E-state index contributed by atoms with van der Waals surface area (Å²) in [6, 6.07) is 0. The summed E-state index contributed by atoms with van der Waals surface area (Å²) in [4.78, 5) is 35.9. The Hall–Kier alpha value is -2.14. The first-order valence-corrected chi connectivity index (χ1v) is 9.91. The van der Waals surface area contributed by atoms with E-state index in [1.165, 1.54) is 0 Å². The Morgan fingerprint density at radius 3 is 1.08 bits per heavy atom. The van der Waals surface area contributed by atoms with Gasteiger partial charge in [0.1, 0.15) is 0 Å². The fourth-order valence-electron chi connectivity index (χ4n) is 1.77. The minimum atomic E-state index is -4.85. The number of carbonyl (C=O) groups excluding carboxylic acids is 3. The molecule has 0 bridgehead atoms. The summed E-state index contributed by atoms with van der Waals surface area (Å²) < 4.78 is 26.8. The van der Waals surface area contributed by atoms with Crippen LogP contribution in [0.25, 0.3) is 0 Å². The molecule has 0 aromatic rings. The highest BCUT2D eigenvalue weighted by Gasteiger charge is 2.40. The molecule has 0 aromatic carbocycles. The summed E-state index contributed by atoms with van der Waals surface area (Å²) in [6.07, 6.45) is 2.64. The lowest BCUT2D eigenvalue weighted by Gasteiger charge is -2.18. The normalized spacial score (nSPS) is 10.6. The maximum Gasteiger partial charge on any atom is 0.654 e. The molecule has 0 aromatic heterocycles. The van der Waals surface area contributed by atoms with E-state index in [0.717, 1.165) is 0 Å². The minimum Gasteiger partial charge on any atom is -0.348 e. The van der Waals surface area contributed by atoms with E-state index in [0.29, 0.717) is 19.3 Å². The highest BCUT2D eigenvalue weighted by Crippen LogP contribution is 2.51. The van der Waals surface area contributed by atoms with Crippen LogP contribution >= 0.6 is 7.82 Å². The van der Waals surface area contributed by atoms with E-state index in [1.54, 1.807) is 0 Å². The molecular formula is C18H27O7P. The van der Waals surface area contributed by atoms with Crippen LogP contribution in [0.4, 0.5) is 0 Å². The van der Waals surface area contributed by atoms with Crippen molar-refractivity contribution in [3.05, 3.63) is 36.5 Å². The van der Waals surface area contributed by atoms with Gasteiger partial charge in [-0.25, -0.2) is 14.4 Å². The van der Waals surface area contributed by atoms with Crippen molar-refractivity contribution in [1.29, 1.82) is 0 Å². The predicted molar refractivity (Wildman–Crippen MR) is 98.0 cm³/mol. The molecule has 0 aliphatic carbocycles. The fraction of sp³-hybridized carbons (Fsp3) is 0.500. The third-order valence-corrected chi connectivity index (χ3v) is 4.27. The monoisotopic (exact) mass is 386 g/mol. The fourth-order valence-corrected chi connectivity index (χ4v) is 2.87. The summed E-state index contributed by atoms with van der Waals surface area (Å²) >= 11 is 0. The number of phosphoric ester groups is 1. The van der Waals surface area contributed by atoms with Gasteiger partial charge in [-0.2, -0.15) is 4.57 Å². The highest BCUT2D eigenvalue weighted by molar-refractivity contribution is 7.50. The van der Waals surface area contributed by atoms with Gasteiger partial charge in [-0.15, -0.1) is 0 Å². The Bertz CT molecular complexity index is 548. The average molecular weight is 386 g/mol. The zero-order valence-corrected chi connectivity index (χ0v) is 16.6. The molecule has 0 amide bonds. The van der Waals surface area contributed by atoms with Gasteiger partial charge in [-0.1, -0.05) is 59.8 Å². The summed E-state index contributed by atoms with van der Waals surface area (Å²) in [7, 11) is -4.85. The Morgan fingerprint density at radius 2 is 0.885 bits per heavy atom. The van der Waals surface area contributed by atoms with E-state index in [9.17, 15) is 18.9 Å². The van der Waals surface area contributed by atoms with Crippen molar-refractivity contribution >= 4 is 25.7 Å². The van der Waals surface area contributed by atoms with E-state index in [1.807, 2.05) is 20.8 Å². The molecule has 0 heterocycles. The van der Waals surface area contributed by atoms with Crippen molar-refractivity contribution in [2.75, 3.05) is 0 Å². The third-order valence-electron chi connectivity index (χ3n) is 3.11. The number of rotatable bonds is 12.